The Morgan fingerprint density at radius 1 is 1.29 bits per heavy atom. The zero-order chi connectivity index (χ0) is 20.8. The summed E-state index contributed by atoms with van der Waals surface area (Å²) in [6.45, 7) is 6.09. The Kier molecular flexibility index (Phi) is 7.89. The highest BCUT2D eigenvalue weighted by Crippen LogP contribution is 2.37. The first-order valence-electron chi connectivity index (χ1n) is 9.78. The maximum Gasteiger partial charge on any atom is 0.416 e. The van der Waals surface area contributed by atoms with E-state index >= 15 is 0 Å². The molecule has 0 spiro atoms. The van der Waals surface area contributed by atoms with Crippen LogP contribution in [0, 0.1) is 5.41 Å². The molecule has 1 fully saturated rings. The van der Waals surface area contributed by atoms with Crippen molar-refractivity contribution in [3.8, 4) is 0 Å². The average Bonchev–Trinajstić information content (AvgIpc) is 2.66. The van der Waals surface area contributed by atoms with Gasteiger partial charge in [-0.1, -0.05) is 18.2 Å². The van der Waals surface area contributed by atoms with Crippen molar-refractivity contribution < 1.29 is 27.4 Å². The standard InChI is InChI=1S/C21H30F3NO3/c1-4-28-19(26)20(10-13-27-3)8-11-25(12-9-20)16(2)14-17-6-5-7-18(15-17)21(22,23)24/h5-7,15-16H,4,8-14H2,1-3H3/t16-/m1/s1. The Morgan fingerprint density at radius 2 is 1.96 bits per heavy atom. The zero-order valence-electron chi connectivity index (χ0n) is 16.8. The van der Waals surface area contributed by atoms with Crippen molar-refractivity contribution in [3.05, 3.63) is 35.4 Å². The number of hydrogen-bond donors (Lipinski definition) is 0. The number of nitrogens with zero attached hydrogens (tertiary/aromatic N) is 1. The lowest BCUT2D eigenvalue weighted by molar-refractivity contribution is -0.160. The molecule has 0 amide bonds. The molecule has 7 heteroatoms. The molecule has 0 saturated carbocycles. The van der Waals surface area contributed by atoms with Gasteiger partial charge in [-0.3, -0.25) is 4.79 Å². The minimum atomic E-state index is -4.33. The van der Waals surface area contributed by atoms with Crippen molar-refractivity contribution in [2.24, 2.45) is 5.41 Å². The van der Waals surface area contributed by atoms with Crippen LogP contribution in [0.2, 0.25) is 0 Å². The van der Waals surface area contributed by atoms with E-state index in [0.717, 1.165) is 6.07 Å². The second-order valence-corrected chi connectivity index (χ2v) is 7.53. The van der Waals surface area contributed by atoms with Crippen LogP contribution >= 0.6 is 0 Å². The third kappa shape index (κ3) is 5.70. The third-order valence-corrected chi connectivity index (χ3v) is 5.66. The predicted molar refractivity (Wildman–Crippen MR) is 101 cm³/mol. The normalized spacial score (nSPS) is 18.6. The molecular formula is C21H30F3NO3. The molecule has 1 aliphatic rings. The number of benzene rings is 1. The summed E-state index contributed by atoms with van der Waals surface area (Å²) >= 11 is 0. The number of carbonyl (C=O) groups excluding carboxylic acids is 1. The second-order valence-electron chi connectivity index (χ2n) is 7.53. The minimum absolute atomic E-state index is 0.0890. The lowest BCUT2D eigenvalue weighted by Crippen LogP contribution is -2.48. The quantitative estimate of drug-likeness (QED) is 0.608. The number of likely N-dealkylation sites (tertiary alicyclic amines) is 1. The summed E-state index contributed by atoms with van der Waals surface area (Å²) < 4.78 is 49.2. The number of piperidine rings is 1. The molecule has 1 aromatic rings. The van der Waals surface area contributed by atoms with Crippen molar-refractivity contribution in [1.29, 1.82) is 0 Å². The number of halogens is 3. The highest BCUT2D eigenvalue weighted by molar-refractivity contribution is 5.77. The van der Waals surface area contributed by atoms with Crippen molar-refractivity contribution >= 4 is 5.97 Å². The van der Waals surface area contributed by atoms with Crippen molar-refractivity contribution in [2.75, 3.05) is 33.4 Å². The lowest BCUT2D eigenvalue weighted by atomic mass is 9.75. The van der Waals surface area contributed by atoms with Crippen LogP contribution in [0.1, 0.15) is 44.2 Å². The number of esters is 1. The van der Waals surface area contributed by atoms with E-state index in [9.17, 15) is 18.0 Å². The van der Waals surface area contributed by atoms with Crippen LogP contribution in [0.15, 0.2) is 24.3 Å². The molecule has 2 rings (SSSR count). The summed E-state index contributed by atoms with van der Waals surface area (Å²) in [5.41, 5.74) is -0.473. The van der Waals surface area contributed by atoms with Crippen LogP contribution in [0.5, 0.6) is 0 Å². The van der Waals surface area contributed by atoms with Gasteiger partial charge in [0.25, 0.3) is 0 Å². The summed E-state index contributed by atoms with van der Waals surface area (Å²) in [5.74, 6) is -0.169. The summed E-state index contributed by atoms with van der Waals surface area (Å²) in [7, 11) is 1.62. The molecule has 1 heterocycles. The van der Waals surface area contributed by atoms with Crippen LogP contribution in [0.25, 0.3) is 0 Å². The van der Waals surface area contributed by atoms with Gasteiger partial charge in [0.15, 0.2) is 0 Å². The van der Waals surface area contributed by atoms with Gasteiger partial charge >= 0.3 is 12.1 Å². The summed E-state index contributed by atoms with van der Waals surface area (Å²) in [4.78, 5) is 14.8. The van der Waals surface area contributed by atoms with Crippen LogP contribution in [-0.2, 0) is 26.9 Å². The predicted octanol–water partition coefficient (Wildman–Crippen LogP) is 4.32. The average molecular weight is 401 g/mol. The molecule has 1 atom stereocenters. The maximum absolute atomic E-state index is 12.9. The Morgan fingerprint density at radius 3 is 2.54 bits per heavy atom. The molecule has 0 unspecified atom stereocenters. The molecule has 158 valence electrons. The molecule has 28 heavy (non-hydrogen) atoms. The molecule has 1 saturated heterocycles. The van der Waals surface area contributed by atoms with Crippen molar-refractivity contribution in [1.82, 2.24) is 4.90 Å². The Hall–Kier alpha value is -1.60. The number of hydrogen-bond acceptors (Lipinski definition) is 4. The molecule has 1 aliphatic heterocycles. The summed E-state index contributed by atoms with van der Waals surface area (Å²) in [6, 6.07) is 5.60. The third-order valence-electron chi connectivity index (χ3n) is 5.66. The molecule has 0 N–H and O–H groups in total. The topological polar surface area (TPSA) is 38.8 Å². The molecule has 4 nitrogen and oxygen atoms in total. The molecular weight excluding hydrogens is 371 g/mol. The van der Waals surface area contributed by atoms with E-state index in [1.54, 1.807) is 20.1 Å². The van der Waals surface area contributed by atoms with Crippen LogP contribution in [-0.4, -0.2) is 50.3 Å². The molecule has 0 aliphatic carbocycles. The summed E-state index contributed by atoms with van der Waals surface area (Å²) in [6.07, 6.45) is -1.83. The molecule has 1 aromatic carbocycles. The first-order chi connectivity index (χ1) is 13.2. The van der Waals surface area contributed by atoms with Gasteiger partial charge in [0.1, 0.15) is 0 Å². The number of methoxy groups -OCH3 is 1. The Bertz CT molecular complexity index is 640. The largest absolute Gasteiger partial charge is 0.466 e. The molecule has 0 bridgehead atoms. The van der Waals surface area contributed by atoms with Crippen molar-refractivity contribution in [2.45, 2.75) is 51.7 Å². The monoisotopic (exact) mass is 401 g/mol. The molecule has 0 aromatic heterocycles. The molecule has 0 radical (unpaired) electrons. The van der Waals surface area contributed by atoms with Gasteiger partial charge in [-0.05, 0) is 64.3 Å². The fraction of sp³-hybridized carbons (Fsp3) is 0.667. The van der Waals surface area contributed by atoms with E-state index < -0.39 is 17.2 Å². The van der Waals surface area contributed by atoms with Gasteiger partial charge in [-0.25, -0.2) is 0 Å². The highest BCUT2D eigenvalue weighted by Gasteiger charge is 2.43. The lowest BCUT2D eigenvalue weighted by Gasteiger charge is -2.42. The van der Waals surface area contributed by atoms with E-state index in [4.69, 9.17) is 9.47 Å². The Labute approximate surface area is 165 Å². The minimum Gasteiger partial charge on any atom is -0.466 e. The summed E-state index contributed by atoms with van der Waals surface area (Å²) in [5, 5.41) is 0. The van der Waals surface area contributed by atoms with Gasteiger partial charge in [0.05, 0.1) is 17.6 Å². The van der Waals surface area contributed by atoms with E-state index in [1.807, 2.05) is 6.92 Å². The first-order valence-corrected chi connectivity index (χ1v) is 9.78. The Balaban J connectivity index is 2.00. The maximum atomic E-state index is 12.9. The van der Waals surface area contributed by atoms with Crippen LogP contribution < -0.4 is 0 Å². The van der Waals surface area contributed by atoms with Gasteiger partial charge < -0.3 is 14.4 Å². The van der Waals surface area contributed by atoms with Crippen LogP contribution in [0.3, 0.4) is 0 Å². The van der Waals surface area contributed by atoms with E-state index in [0.29, 0.717) is 57.6 Å². The fourth-order valence-corrected chi connectivity index (χ4v) is 3.88. The van der Waals surface area contributed by atoms with Gasteiger partial charge in [-0.2, -0.15) is 13.2 Å². The van der Waals surface area contributed by atoms with E-state index in [2.05, 4.69) is 4.90 Å². The number of carbonyl (C=O) groups is 1. The van der Waals surface area contributed by atoms with E-state index in [-0.39, 0.29) is 12.0 Å². The highest BCUT2D eigenvalue weighted by atomic mass is 19.4. The smallest absolute Gasteiger partial charge is 0.416 e. The second kappa shape index (κ2) is 9.74. The van der Waals surface area contributed by atoms with Gasteiger partial charge in [-0.15, -0.1) is 0 Å². The fourth-order valence-electron chi connectivity index (χ4n) is 3.88. The van der Waals surface area contributed by atoms with Crippen LogP contribution in [0.4, 0.5) is 13.2 Å². The number of rotatable bonds is 8. The van der Waals surface area contributed by atoms with E-state index in [1.165, 1.54) is 12.1 Å². The number of ether oxygens (including phenoxy) is 2. The van der Waals surface area contributed by atoms with Crippen molar-refractivity contribution in [3.63, 3.8) is 0 Å². The number of alkyl halides is 3. The van der Waals surface area contributed by atoms with Gasteiger partial charge in [0, 0.05) is 19.8 Å². The zero-order valence-corrected chi connectivity index (χ0v) is 16.8. The first kappa shape index (κ1) is 22.7. The van der Waals surface area contributed by atoms with Gasteiger partial charge in [0.2, 0.25) is 0 Å². The SMILES string of the molecule is CCOC(=O)C1(CCOC)CCN([C@H](C)Cc2cccc(C(F)(F)F)c2)CC1.